The zero-order chi connectivity index (χ0) is 93.2. The van der Waals surface area contributed by atoms with E-state index in [4.69, 9.17) is 34.4 Å². The smallest absolute Gasteiger partial charge is 0.326 e. The van der Waals surface area contributed by atoms with E-state index >= 15 is 0 Å². The van der Waals surface area contributed by atoms with Crippen molar-refractivity contribution < 1.29 is 112 Å². The van der Waals surface area contributed by atoms with E-state index in [9.17, 15) is 112 Å². The van der Waals surface area contributed by atoms with Crippen LogP contribution in [0.15, 0.2) is 4.99 Å². The van der Waals surface area contributed by atoms with Gasteiger partial charge in [0.1, 0.15) is 90.6 Å². The van der Waals surface area contributed by atoms with E-state index in [1.807, 2.05) is 0 Å². The molecule has 0 aromatic rings. The minimum atomic E-state index is -1.96. The first kappa shape index (κ1) is 111. The summed E-state index contributed by atoms with van der Waals surface area (Å²) in [5.41, 5.74) is 33.8. The normalized spacial score (nSPS) is 17.1. The Hall–Kier alpha value is -10.0. The predicted octanol–water partition coefficient (Wildman–Crippen LogP) is -6.74. The van der Waals surface area contributed by atoms with Crippen LogP contribution in [0.4, 0.5) is 0 Å². The molecule has 0 aliphatic heterocycles. The van der Waals surface area contributed by atoms with Crippen LogP contribution in [-0.4, -0.2) is 272 Å². The van der Waals surface area contributed by atoms with Crippen molar-refractivity contribution >= 4 is 107 Å². The summed E-state index contributed by atoms with van der Waals surface area (Å²) in [7, 11) is 0. The Morgan fingerprint density at radius 1 is 0.314 bits per heavy atom. The van der Waals surface area contributed by atoms with Crippen molar-refractivity contribution in [2.45, 2.75) is 322 Å². The molecule has 0 saturated carbocycles. The minimum Gasteiger partial charge on any atom is -0.481 e. The van der Waals surface area contributed by atoms with Gasteiger partial charge in [-0.2, -0.15) is 0 Å². The molecule has 0 aliphatic rings. The van der Waals surface area contributed by atoms with Gasteiger partial charge in [-0.1, -0.05) is 109 Å². The van der Waals surface area contributed by atoms with Crippen LogP contribution in [0, 0.1) is 35.5 Å². The van der Waals surface area contributed by atoms with E-state index in [0.29, 0.717) is 19.3 Å². The van der Waals surface area contributed by atoms with Gasteiger partial charge < -0.3 is 139 Å². The average Bonchev–Trinajstić information content (AvgIpc) is 0.848. The summed E-state index contributed by atoms with van der Waals surface area (Å²) in [5, 5.41) is 97.0. The quantitative estimate of drug-likeness (QED) is 0.0153. The minimum absolute atomic E-state index is 0.0239. The van der Waals surface area contributed by atoms with Crippen molar-refractivity contribution in [1.82, 2.24) is 74.4 Å². The number of nitrogens with zero attached hydrogens (tertiary/aromatic N) is 1. The summed E-state index contributed by atoms with van der Waals surface area (Å²) in [5.74, 6) is -23.4. The summed E-state index contributed by atoms with van der Waals surface area (Å²) >= 11 is 0. The highest BCUT2D eigenvalue weighted by Gasteiger charge is 2.43. The number of carboxylic acid groups (broad SMARTS) is 2. The van der Waals surface area contributed by atoms with Crippen LogP contribution in [0.5, 0.6) is 0 Å². The number of primary amides is 1. The molecular weight excluding hydrogens is 1590 g/mol. The van der Waals surface area contributed by atoms with Crippen LogP contribution in [0.3, 0.4) is 0 Å². The first-order valence-electron chi connectivity index (χ1n) is 41.3. The Labute approximate surface area is 707 Å². The van der Waals surface area contributed by atoms with Gasteiger partial charge in [0.25, 0.3) is 0 Å². The molecule has 44 nitrogen and oxygen atoms in total. The number of hydrogen-bond acceptors (Lipinski definition) is 25. The molecule has 0 saturated heterocycles. The molecule has 0 spiro atoms. The molecule has 0 radical (unpaired) electrons. The number of carbonyl (C=O) groups excluding carboxylic acids is 15. The first-order chi connectivity index (χ1) is 56.4. The average molecular weight is 1730 g/mol. The fraction of sp³-hybridized carbons (Fsp3) is 0.766. The molecule has 0 unspecified atom stereocenters. The zero-order valence-electron chi connectivity index (χ0n) is 72.7. The van der Waals surface area contributed by atoms with Gasteiger partial charge in [0.2, 0.25) is 88.6 Å². The molecule has 0 rings (SSSR count). The Morgan fingerprint density at radius 3 is 0.934 bits per heavy atom. The monoisotopic (exact) mass is 1730 g/mol. The van der Waals surface area contributed by atoms with Gasteiger partial charge in [-0.15, -0.1) is 0 Å². The molecule has 0 fully saturated rings. The fourth-order valence-corrected chi connectivity index (χ4v) is 12.1. The molecule has 692 valence electrons. The lowest BCUT2D eigenvalue weighted by Gasteiger charge is -2.32. The summed E-state index contributed by atoms with van der Waals surface area (Å²) in [6, 6.07) is -24.3. The standard InChI is InChI=1S/C77H141N21O23/c1-17-37(9)55(93-66(110)48(32-35(5)6)89-74(118)59(42(14)100)96-63(107)45(26-21-23-29-78)85-68(112)53(81)41(13)99)70(114)86-46(27-22-24-30-79)64(108)97-61(44(16)102)75(119)94-57(39(11)19-3)72(116)91-54(36(7)8)69(113)98-60(43(15)101)73(117)87-47(28-25-31-84-77(82)83)62(106)92-56(38(10)18-2)71(115)90-49(33-51(80)103)65(109)88-50(34-52(104)105)67(111)95-58(76(120)121)40(12)20-4/h35-50,53-61,99-102H,17-34,78-79,81H2,1-16H3,(H2,80,103)(H,85,112)(H,86,114)(H,87,117)(H,88,109)(H,89,118)(H,90,115)(H,91,116)(H,92,106)(H,93,110)(H,94,119)(H,95,111)(H,96,107)(H,97,108)(H,98,113)(H,104,105)(H,120,121)(H4,82,83,84)/t37-,38-,39-,40-,41+,42+,43+,44+,45-,46-,47-,48-,49-,50-,53-,54-,55-,56-,57-,58-,59-,60-,61-/m0/s1. The van der Waals surface area contributed by atoms with Gasteiger partial charge in [0, 0.05) is 6.54 Å². The molecule has 23 atom stereocenters. The highest BCUT2D eigenvalue weighted by atomic mass is 16.4. The maximum absolute atomic E-state index is 14.6. The van der Waals surface area contributed by atoms with Crippen molar-refractivity contribution in [2.75, 3.05) is 19.6 Å². The van der Waals surface area contributed by atoms with Crippen molar-refractivity contribution in [3.8, 4) is 0 Å². The number of amides is 15. The maximum atomic E-state index is 14.6. The van der Waals surface area contributed by atoms with Gasteiger partial charge in [0.05, 0.1) is 37.3 Å². The number of aliphatic imine (C=N–C) groups is 1. The van der Waals surface area contributed by atoms with E-state index in [1.165, 1.54) is 41.5 Å². The van der Waals surface area contributed by atoms with Crippen molar-refractivity contribution in [2.24, 2.45) is 74.9 Å². The predicted molar refractivity (Wildman–Crippen MR) is 443 cm³/mol. The lowest BCUT2D eigenvalue weighted by molar-refractivity contribution is -0.145. The molecule has 32 N–H and O–H groups in total. The number of carboxylic acids is 2. The van der Waals surface area contributed by atoms with E-state index in [2.05, 4.69) is 79.4 Å². The van der Waals surface area contributed by atoms with Gasteiger partial charge in [0.15, 0.2) is 5.96 Å². The largest absolute Gasteiger partial charge is 0.481 e. The summed E-state index contributed by atoms with van der Waals surface area (Å²) < 4.78 is 0. The van der Waals surface area contributed by atoms with Crippen LogP contribution in [0.25, 0.3) is 0 Å². The molecule has 0 aromatic heterocycles. The molecular formula is C77H141N21O23. The Bertz CT molecular complexity index is 3440. The van der Waals surface area contributed by atoms with E-state index in [0.717, 1.165) is 13.8 Å². The molecule has 15 amide bonds. The number of aliphatic carboxylic acids is 2. The van der Waals surface area contributed by atoms with E-state index < -0.39 is 258 Å². The third-order valence-corrected chi connectivity index (χ3v) is 20.5. The zero-order valence-corrected chi connectivity index (χ0v) is 72.7. The number of aliphatic hydroxyl groups is 4. The second-order valence-electron chi connectivity index (χ2n) is 31.8. The number of rotatable bonds is 60. The summed E-state index contributed by atoms with van der Waals surface area (Å²) in [6.45, 7) is 24.3. The third kappa shape index (κ3) is 40.0. The van der Waals surface area contributed by atoms with Gasteiger partial charge in [-0.05, 0) is 134 Å². The Balaban J connectivity index is 7.24. The van der Waals surface area contributed by atoms with Gasteiger partial charge >= 0.3 is 11.9 Å². The maximum Gasteiger partial charge on any atom is 0.326 e. The molecule has 44 heteroatoms. The third-order valence-electron chi connectivity index (χ3n) is 20.5. The highest BCUT2D eigenvalue weighted by Crippen LogP contribution is 2.19. The van der Waals surface area contributed by atoms with Crippen molar-refractivity contribution in [1.29, 1.82) is 0 Å². The summed E-state index contributed by atoms with van der Waals surface area (Å²) in [6.07, 6.45) is -6.67. The van der Waals surface area contributed by atoms with E-state index in [1.54, 1.807) is 55.4 Å². The number of aliphatic hydroxyl groups excluding tert-OH is 4. The van der Waals surface area contributed by atoms with Gasteiger partial charge in [-0.3, -0.25) is 81.7 Å². The lowest BCUT2D eigenvalue weighted by atomic mass is 9.95. The topological polar surface area (TPSA) is 748 Å². The first-order valence-corrected chi connectivity index (χ1v) is 41.3. The molecule has 0 heterocycles. The van der Waals surface area contributed by atoms with Crippen LogP contribution in [-0.2, 0) is 81.5 Å². The number of carbonyl (C=O) groups is 17. The Kier molecular flexibility index (Phi) is 51.9. The summed E-state index contributed by atoms with van der Waals surface area (Å²) in [4.78, 5) is 239. The van der Waals surface area contributed by atoms with Crippen LogP contribution in [0.2, 0.25) is 0 Å². The van der Waals surface area contributed by atoms with Crippen molar-refractivity contribution in [3.05, 3.63) is 0 Å². The SMILES string of the molecule is CC[C@H](C)[C@H](NC(=O)[C@H](CC(=O)O)NC(=O)[C@H](CC(N)=O)NC(=O)[C@@H](NC(=O)[C@H](CCCN=C(N)N)NC(=O)[C@@H](NC(=O)[C@@H](NC(=O)[C@@H](NC(=O)[C@@H](NC(=O)[C@H](CCCCN)NC(=O)[C@@H](NC(=O)[C@H](CC(C)C)NC(=O)[C@@H](NC(=O)[C@H](CCCCN)NC(=O)[C@@H](N)[C@@H](C)O)[C@@H](C)O)[C@@H](C)CC)[C@@H](C)O)[C@@H](C)CC)C(C)C)[C@@H](C)O)[C@@H](C)CC)C(=O)O. The number of nitrogens with one attached hydrogen (secondary N) is 14. The van der Waals surface area contributed by atoms with Gasteiger partial charge in [-0.25, -0.2) is 4.79 Å². The number of nitrogens with two attached hydrogens (primary N) is 6. The number of unbranched alkanes of at least 4 members (excludes halogenated alkanes) is 2. The van der Waals surface area contributed by atoms with Crippen molar-refractivity contribution in [3.63, 3.8) is 0 Å². The number of hydrogen-bond donors (Lipinski definition) is 26. The molecule has 0 aliphatic carbocycles. The number of guanidine groups is 1. The Morgan fingerprint density at radius 2 is 0.587 bits per heavy atom. The molecule has 0 bridgehead atoms. The second kappa shape index (κ2) is 56.6. The molecule has 0 aromatic carbocycles. The second-order valence-corrected chi connectivity index (χ2v) is 31.8. The lowest BCUT2D eigenvalue weighted by Crippen LogP contribution is -2.64. The fourth-order valence-electron chi connectivity index (χ4n) is 12.1. The van der Waals surface area contributed by atoms with E-state index in [-0.39, 0.29) is 95.7 Å². The van der Waals surface area contributed by atoms with Crippen LogP contribution < -0.4 is 109 Å². The van der Waals surface area contributed by atoms with Crippen LogP contribution >= 0.6 is 0 Å². The molecule has 121 heavy (non-hydrogen) atoms. The highest BCUT2D eigenvalue weighted by molar-refractivity contribution is 6.02. The van der Waals surface area contributed by atoms with Crippen LogP contribution in [0.1, 0.15) is 207 Å².